The Bertz CT molecular complexity index is 859. The largest absolute Gasteiger partial charge is 0.361 e. The highest BCUT2D eigenvalue weighted by molar-refractivity contribution is 7.63. The van der Waals surface area contributed by atoms with Crippen molar-refractivity contribution in [3.63, 3.8) is 0 Å². The molecule has 0 atom stereocenters. The summed E-state index contributed by atoms with van der Waals surface area (Å²) in [6.07, 6.45) is 0. The van der Waals surface area contributed by atoms with Crippen LogP contribution in [0.3, 0.4) is 0 Å². The Hall–Kier alpha value is -1.26. The molecule has 0 heterocycles. The summed E-state index contributed by atoms with van der Waals surface area (Å²) in [6, 6.07) is 11.0. The van der Waals surface area contributed by atoms with Gasteiger partial charge in [0.05, 0.1) is 37.0 Å². The second-order valence-electron chi connectivity index (χ2n) is 6.60. The highest BCUT2D eigenvalue weighted by atomic mass is 31.2. The number of benzene rings is 2. The van der Waals surface area contributed by atoms with Crippen LogP contribution in [0.2, 0.25) is 0 Å². The van der Waals surface area contributed by atoms with Crippen molar-refractivity contribution in [3.05, 3.63) is 47.5 Å². The lowest BCUT2D eigenvalue weighted by molar-refractivity contribution is 0.228. The third-order valence-electron chi connectivity index (χ3n) is 4.54. The van der Waals surface area contributed by atoms with Gasteiger partial charge in [0.2, 0.25) is 0 Å². The lowest BCUT2D eigenvalue weighted by Gasteiger charge is -2.26. The van der Waals surface area contributed by atoms with Crippen molar-refractivity contribution >= 4 is 25.8 Å². The quantitative estimate of drug-likeness (QED) is 0.403. The van der Waals surface area contributed by atoms with Crippen LogP contribution in [0.25, 0.3) is 11.1 Å². The van der Waals surface area contributed by atoms with Crippen LogP contribution in [0.4, 0.5) is 0 Å². The van der Waals surface area contributed by atoms with Crippen LogP contribution >= 0.6 is 15.2 Å². The van der Waals surface area contributed by atoms with Crippen molar-refractivity contribution in [1.29, 1.82) is 0 Å². The molecule has 0 N–H and O–H groups in total. The molecular formula is C22H32O6P2. The summed E-state index contributed by atoms with van der Waals surface area (Å²) in [5.41, 5.74) is 3.08. The van der Waals surface area contributed by atoms with Crippen LogP contribution < -0.4 is 10.6 Å². The molecule has 0 amide bonds. The van der Waals surface area contributed by atoms with E-state index in [2.05, 4.69) is 0 Å². The van der Waals surface area contributed by atoms with Crippen LogP contribution in [0.1, 0.15) is 38.8 Å². The van der Waals surface area contributed by atoms with Crippen molar-refractivity contribution in [1.82, 2.24) is 0 Å². The molecule has 0 aliphatic heterocycles. The van der Waals surface area contributed by atoms with E-state index in [0.29, 0.717) is 21.7 Å². The SMILES string of the molecule is CCOP(=O)(OCC)c1cccc(C)c1-c1c(C)cccc1P(=O)(OCC)OCC. The van der Waals surface area contributed by atoms with E-state index in [9.17, 15) is 9.13 Å². The van der Waals surface area contributed by atoms with Gasteiger partial charge < -0.3 is 18.1 Å². The summed E-state index contributed by atoms with van der Waals surface area (Å²) in [6.45, 7) is 11.9. The highest BCUT2D eigenvalue weighted by Gasteiger charge is 2.36. The maximum absolute atomic E-state index is 13.7. The zero-order valence-electron chi connectivity index (χ0n) is 18.6. The maximum Gasteiger partial charge on any atom is 0.361 e. The molecule has 0 fully saturated rings. The molecule has 2 aromatic rings. The second-order valence-corrected chi connectivity index (χ2v) is 10.6. The Balaban J connectivity index is 2.90. The molecule has 0 aromatic heterocycles. The van der Waals surface area contributed by atoms with E-state index in [1.807, 2.05) is 38.1 Å². The van der Waals surface area contributed by atoms with Crippen molar-refractivity contribution < 1.29 is 27.2 Å². The van der Waals surface area contributed by atoms with Gasteiger partial charge in [-0.05, 0) is 64.8 Å². The minimum atomic E-state index is -3.60. The Kier molecular flexibility index (Phi) is 9.05. The molecule has 2 rings (SSSR count). The Morgan fingerprint density at radius 3 is 1.17 bits per heavy atom. The second kappa shape index (κ2) is 10.9. The van der Waals surface area contributed by atoms with Crippen molar-refractivity contribution in [3.8, 4) is 11.1 Å². The smallest absolute Gasteiger partial charge is 0.305 e. The highest BCUT2D eigenvalue weighted by Crippen LogP contribution is 2.53. The average Bonchev–Trinajstić information content (AvgIpc) is 2.69. The third-order valence-corrected chi connectivity index (χ3v) is 8.86. The predicted molar refractivity (Wildman–Crippen MR) is 122 cm³/mol. The van der Waals surface area contributed by atoms with Gasteiger partial charge in [0, 0.05) is 11.1 Å². The minimum Gasteiger partial charge on any atom is -0.305 e. The summed E-state index contributed by atoms with van der Waals surface area (Å²) in [4.78, 5) is 0. The number of hydrogen-bond donors (Lipinski definition) is 0. The van der Waals surface area contributed by atoms with Gasteiger partial charge in [0.1, 0.15) is 0 Å². The van der Waals surface area contributed by atoms with Gasteiger partial charge in [0.25, 0.3) is 0 Å². The normalized spacial score (nSPS) is 12.3. The standard InChI is InChI=1S/C22H32O6P2/c1-7-25-29(23,26-8-2)19-15-11-13-17(5)21(19)22-18(6)14-12-16-20(22)30(24,27-9-3)28-10-4/h11-16H,7-10H2,1-6H3. The molecule has 0 saturated carbocycles. The Morgan fingerprint density at radius 1 is 0.600 bits per heavy atom. The van der Waals surface area contributed by atoms with E-state index in [1.54, 1.807) is 39.8 Å². The van der Waals surface area contributed by atoms with Crippen LogP contribution in [0, 0.1) is 13.8 Å². The Morgan fingerprint density at radius 2 is 0.900 bits per heavy atom. The number of aryl methyl sites for hydroxylation is 2. The van der Waals surface area contributed by atoms with Gasteiger partial charge in [-0.3, -0.25) is 9.13 Å². The van der Waals surface area contributed by atoms with E-state index in [4.69, 9.17) is 18.1 Å². The first-order valence-electron chi connectivity index (χ1n) is 10.3. The fraction of sp³-hybridized carbons (Fsp3) is 0.455. The predicted octanol–water partition coefficient (Wildman–Crippen LogP) is 5.75. The van der Waals surface area contributed by atoms with E-state index in [1.165, 1.54) is 0 Å². The molecule has 0 radical (unpaired) electrons. The van der Waals surface area contributed by atoms with Gasteiger partial charge >= 0.3 is 15.2 Å². The topological polar surface area (TPSA) is 71.1 Å². The molecule has 6 nitrogen and oxygen atoms in total. The van der Waals surface area contributed by atoms with Crippen LogP contribution in [0.15, 0.2) is 36.4 Å². The van der Waals surface area contributed by atoms with Crippen LogP contribution in [0.5, 0.6) is 0 Å². The van der Waals surface area contributed by atoms with Gasteiger partial charge in [-0.25, -0.2) is 0 Å². The molecule has 8 heteroatoms. The first-order chi connectivity index (χ1) is 14.3. The lowest BCUT2D eigenvalue weighted by atomic mass is 9.96. The van der Waals surface area contributed by atoms with Gasteiger partial charge in [-0.1, -0.05) is 24.3 Å². The summed E-state index contributed by atoms with van der Waals surface area (Å²) < 4.78 is 50.0. The van der Waals surface area contributed by atoms with Gasteiger partial charge in [-0.15, -0.1) is 0 Å². The van der Waals surface area contributed by atoms with Gasteiger partial charge in [0.15, 0.2) is 0 Å². The van der Waals surface area contributed by atoms with Crippen molar-refractivity contribution in [2.24, 2.45) is 0 Å². The van der Waals surface area contributed by atoms with E-state index in [0.717, 1.165) is 11.1 Å². The molecule has 2 aromatic carbocycles. The van der Waals surface area contributed by atoms with E-state index >= 15 is 0 Å². The fourth-order valence-electron chi connectivity index (χ4n) is 3.44. The van der Waals surface area contributed by atoms with Crippen LogP contribution in [-0.4, -0.2) is 26.4 Å². The zero-order chi connectivity index (χ0) is 22.4. The van der Waals surface area contributed by atoms with E-state index < -0.39 is 15.2 Å². The molecule has 0 spiro atoms. The summed E-state index contributed by atoms with van der Waals surface area (Å²) in [5.74, 6) is 0. The molecule has 0 aliphatic carbocycles. The Labute approximate surface area is 180 Å². The monoisotopic (exact) mass is 454 g/mol. The molecule has 0 aliphatic rings. The summed E-state index contributed by atoms with van der Waals surface area (Å²) in [7, 11) is -7.19. The van der Waals surface area contributed by atoms with Crippen molar-refractivity contribution in [2.45, 2.75) is 41.5 Å². The maximum atomic E-state index is 13.7. The zero-order valence-corrected chi connectivity index (χ0v) is 20.4. The first-order valence-corrected chi connectivity index (χ1v) is 13.3. The molecule has 0 unspecified atom stereocenters. The molecule has 0 bridgehead atoms. The van der Waals surface area contributed by atoms with Crippen molar-refractivity contribution in [2.75, 3.05) is 26.4 Å². The average molecular weight is 454 g/mol. The van der Waals surface area contributed by atoms with Crippen LogP contribution in [-0.2, 0) is 27.2 Å². The number of hydrogen-bond acceptors (Lipinski definition) is 6. The molecular weight excluding hydrogens is 422 g/mol. The minimum absolute atomic E-state index is 0.238. The van der Waals surface area contributed by atoms with Gasteiger partial charge in [-0.2, -0.15) is 0 Å². The van der Waals surface area contributed by atoms with E-state index in [-0.39, 0.29) is 26.4 Å². The molecule has 0 saturated heterocycles. The summed E-state index contributed by atoms with van der Waals surface area (Å²) >= 11 is 0. The molecule has 30 heavy (non-hydrogen) atoms. The lowest BCUT2D eigenvalue weighted by Crippen LogP contribution is -2.20. The summed E-state index contributed by atoms with van der Waals surface area (Å²) in [5, 5.41) is 0.891. The number of rotatable bonds is 11. The molecule has 166 valence electrons. The fourth-order valence-corrected chi connectivity index (χ4v) is 7.17. The first kappa shape index (κ1) is 25.0. The third kappa shape index (κ3) is 5.13.